The topological polar surface area (TPSA) is 38.7 Å². The smallest absolute Gasteiger partial charge is 0.188 e. The Morgan fingerprint density at radius 1 is 1.50 bits per heavy atom. The van der Waals surface area contributed by atoms with Crippen molar-refractivity contribution in [3.63, 3.8) is 0 Å². The highest BCUT2D eigenvalue weighted by atomic mass is 19.1. The lowest BCUT2D eigenvalue weighted by Gasteiger charge is -2.04. The number of aromatic hydroxyl groups is 1. The van der Waals surface area contributed by atoms with Gasteiger partial charge in [-0.15, -0.1) is 0 Å². The first kappa shape index (κ1) is 8.80. The molecule has 0 saturated carbocycles. The van der Waals surface area contributed by atoms with E-state index in [1.54, 1.807) is 0 Å². The Bertz CT molecular complexity index is 262. The third-order valence-corrected chi connectivity index (χ3v) is 1.26. The predicted molar refractivity (Wildman–Crippen MR) is 40.6 cm³/mol. The van der Waals surface area contributed by atoms with Crippen LogP contribution >= 0.6 is 0 Å². The molecular formula is C8H9FO3. The zero-order valence-electron chi connectivity index (χ0n) is 6.58. The molecule has 1 rings (SSSR count). The maximum Gasteiger partial charge on any atom is 0.188 e. The highest BCUT2D eigenvalue weighted by Gasteiger charge is 2.01. The van der Waals surface area contributed by atoms with Gasteiger partial charge in [-0.1, -0.05) is 0 Å². The van der Waals surface area contributed by atoms with Crippen molar-refractivity contribution >= 4 is 0 Å². The molecule has 3 nitrogen and oxygen atoms in total. The molecular weight excluding hydrogens is 163 g/mol. The number of ether oxygens (including phenoxy) is 2. The monoisotopic (exact) mass is 172 g/mol. The Kier molecular flexibility index (Phi) is 2.88. The molecule has 0 heterocycles. The molecule has 0 amide bonds. The fourth-order valence-corrected chi connectivity index (χ4v) is 0.709. The Morgan fingerprint density at radius 3 is 2.83 bits per heavy atom. The van der Waals surface area contributed by atoms with Gasteiger partial charge in [0.2, 0.25) is 0 Å². The fraction of sp³-hybridized carbons (Fsp3) is 0.250. The van der Waals surface area contributed by atoms with Crippen molar-refractivity contribution < 1.29 is 19.0 Å². The van der Waals surface area contributed by atoms with E-state index in [0.717, 1.165) is 6.07 Å². The van der Waals surface area contributed by atoms with Crippen LogP contribution in [0.15, 0.2) is 18.2 Å². The summed E-state index contributed by atoms with van der Waals surface area (Å²) in [5.74, 6) is -0.723. The minimum atomic E-state index is -0.667. The van der Waals surface area contributed by atoms with E-state index in [1.165, 1.54) is 19.2 Å². The molecule has 66 valence electrons. The molecule has 0 atom stereocenters. The van der Waals surface area contributed by atoms with Crippen LogP contribution in [0, 0.1) is 5.82 Å². The summed E-state index contributed by atoms with van der Waals surface area (Å²) in [4.78, 5) is 0. The van der Waals surface area contributed by atoms with Crippen LogP contribution in [-0.2, 0) is 4.74 Å². The average molecular weight is 172 g/mol. The summed E-state index contributed by atoms with van der Waals surface area (Å²) in [6, 6.07) is 3.72. The summed E-state index contributed by atoms with van der Waals surface area (Å²) < 4.78 is 22.0. The summed E-state index contributed by atoms with van der Waals surface area (Å²) in [6.07, 6.45) is 0. The molecule has 4 heteroatoms. The quantitative estimate of drug-likeness (QED) is 0.702. The van der Waals surface area contributed by atoms with Gasteiger partial charge in [-0.05, 0) is 12.1 Å². The molecule has 1 aromatic carbocycles. The van der Waals surface area contributed by atoms with Crippen LogP contribution in [0.2, 0.25) is 0 Å². The number of halogens is 1. The van der Waals surface area contributed by atoms with E-state index in [2.05, 4.69) is 4.74 Å². The van der Waals surface area contributed by atoms with Crippen molar-refractivity contribution in [2.75, 3.05) is 13.9 Å². The van der Waals surface area contributed by atoms with Gasteiger partial charge in [0.25, 0.3) is 0 Å². The highest BCUT2D eigenvalue weighted by Crippen LogP contribution is 2.21. The highest BCUT2D eigenvalue weighted by molar-refractivity contribution is 5.33. The third kappa shape index (κ3) is 2.10. The molecule has 0 bridgehead atoms. The van der Waals surface area contributed by atoms with Crippen molar-refractivity contribution in [3.05, 3.63) is 24.0 Å². The van der Waals surface area contributed by atoms with Crippen LogP contribution in [0.4, 0.5) is 4.39 Å². The summed E-state index contributed by atoms with van der Waals surface area (Å²) in [7, 11) is 1.48. The van der Waals surface area contributed by atoms with E-state index in [-0.39, 0.29) is 6.79 Å². The van der Waals surface area contributed by atoms with E-state index in [1.807, 2.05) is 0 Å². The van der Waals surface area contributed by atoms with Crippen LogP contribution in [0.1, 0.15) is 0 Å². The second-order valence-corrected chi connectivity index (χ2v) is 2.16. The minimum absolute atomic E-state index is 0.0745. The van der Waals surface area contributed by atoms with E-state index in [9.17, 15) is 4.39 Å². The Balaban J connectivity index is 2.69. The first-order chi connectivity index (χ1) is 5.74. The van der Waals surface area contributed by atoms with Gasteiger partial charge < -0.3 is 14.6 Å². The van der Waals surface area contributed by atoms with E-state index in [0.29, 0.717) is 5.75 Å². The van der Waals surface area contributed by atoms with E-state index >= 15 is 0 Å². The number of hydrogen-bond acceptors (Lipinski definition) is 3. The fourth-order valence-electron chi connectivity index (χ4n) is 0.709. The van der Waals surface area contributed by atoms with Gasteiger partial charge in [0.05, 0.1) is 0 Å². The second kappa shape index (κ2) is 3.92. The molecule has 0 fully saturated rings. The van der Waals surface area contributed by atoms with Gasteiger partial charge in [0, 0.05) is 13.2 Å². The zero-order valence-corrected chi connectivity index (χ0v) is 6.58. The number of benzene rings is 1. The normalized spacial score (nSPS) is 9.83. The molecule has 0 saturated heterocycles. The summed E-state index contributed by atoms with van der Waals surface area (Å²) >= 11 is 0. The SMILES string of the molecule is COCOc1ccc(F)c(O)c1. The molecule has 1 N–H and O–H groups in total. The molecule has 12 heavy (non-hydrogen) atoms. The number of methoxy groups -OCH3 is 1. The number of phenols is 1. The van der Waals surface area contributed by atoms with Crippen LogP contribution < -0.4 is 4.74 Å². The summed E-state index contributed by atoms with van der Waals surface area (Å²) in [5.41, 5.74) is 0. The van der Waals surface area contributed by atoms with E-state index in [4.69, 9.17) is 9.84 Å². The average Bonchev–Trinajstić information content (AvgIpc) is 2.07. The molecule has 0 aromatic heterocycles. The maximum absolute atomic E-state index is 12.5. The molecule has 0 spiro atoms. The largest absolute Gasteiger partial charge is 0.505 e. The lowest BCUT2D eigenvalue weighted by atomic mass is 10.3. The first-order valence-electron chi connectivity index (χ1n) is 3.34. The van der Waals surface area contributed by atoms with Crippen LogP contribution in [-0.4, -0.2) is 19.0 Å². The van der Waals surface area contributed by atoms with Gasteiger partial charge in [0.1, 0.15) is 5.75 Å². The number of phenolic OH excluding ortho intramolecular Hbond substituents is 1. The molecule has 1 aromatic rings. The maximum atomic E-state index is 12.5. The minimum Gasteiger partial charge on any atom is -0.505 e. The number of hydrogen-bond donors (Lipinski definition) is 1. The van der Waals surface area contributed by atoms with Gasteiger partial charge in [0.15, 0.2) is 18.4 Å². The van der Waals surface area contributed by atoms with Crippen LogP contribution in [0.3, 0.4) is 0 Å². The van der Waals surface area contributed by atoms with Gasteiger partial charge in [-0.25, -0.2) is 4.39 Å². The summed E-state index contributed by atoms with van der Waals surface area (Å²) in [6.45, 7) is 0.0745. The number of rotatable bonds is 3. The van der Waals surface area contributed by atoms with Gasteiger partial charge in [-0.3, -0.25) is 0 Å². The lowest BCUT2D eigenvalue weighted by molar-refractivity contribution is 0.0509. The van der Waals surface area contributed by atoms with E-state index < -0.39 is 11.6 Å². The van der Waals surface area contributed by atoms with Crippen molar-refractivity contribution in [3.8, 4) is 11.5 Å². The Morgan fingerprint density at radius 2 is 2.25 bits per heavy atom. The zero-order chi connectivity index (χ0) is 8.97. The Labute approximate surface area is 69.3 Å². The molecule has 0 aliphatic heterocycles. The van der Waals surface area contributed by atoms with Crippen LogP contribution in [0.5, 0.6) is 11.5 Å². The molecule has 0 aliphatic carbocycles. The summed E-state index contributed by atoms with van der Waals surface area (Å²) in [5, 5.41) is 8.90. The third-order valence-electron chi connectivity index (χ3n) is 1.26. The first-order valence-corrected chi connectivity index (χ1v) is 3.34. The van der Waals surface area contributed by atoms with Gasteiger partial charge >= 0.3 is 0 Å². The van der Waals surface area contributed by atoms with Crippen molar-refractivity contribution in [1.29, 1.82) is 0 Å². The molecule has 0 unspecified atom stereocenters. The second-order valence-electron chi connectivity index (χ2n) is 2.16. The lowest BCUT2D eigenvalue weighted by Crippen LogP contribution is -1.98. The van der Waals surface area contributed by atoms with Crippen molar-refractivity contribution in [1.82, 2.24) is 0 Å². The standard InChI is InChI=1S/C8H9FO3/c1-11-5-12-6-2-3-7(9)8(10)4-6/h2-4,10H,5H2,1H3. The molecule has 0 aliphatic rings. The predicted octanol–water partition coefficient (Wildman–Crippen LogP) is 1.51. The molecule has 0 radical (unpaired) electrons. The van der Waals surface area contributed by atoms with Gasteiger partial charge in [-0.2, -0.15) is 0 Å². The van der Waals surface area contributed by atoms with Crippen molar-refractivity contribution in [2.24, 2.45) is 0 Å². The Hall–Kier alpha value is -1.29. The van der Waals surface area contributed by atoms with Crippen LogP contribution in [0.25, 0.3) is 0 Å². The van der Waals surface area contributed by atoms with Crippen molar-refractivity contribution in [2.45, 2.75) is 0 Å².